The van der Waals surface area contributed by atoms with E-state index >= 15 is 0 Å². The molecule has 0 amide bonds. The van der Waals surface area contributed by atoms with Crippen LogP contribution < -0.4 is 11.2 Å². The van der Waals surface area contributed by atoms with Crippen molar-refractivity contribution in [3.8, 4) is 11.5 Å². The van der Waals surface area contributed by atoms with Gasteiger partial charge >= 0.3 is 11.7 Å². The lowest BCUT2D eigenvalue weighted by atomic mass is 10.0. The Kier molecular flexibility index (Phi) is 5.87. The summed E-state index contributed by atoms with van der Waals surface area (Å²) < 4.78 is 1.89. The van der Waals surface area contributed by atoms with E-state index in [0.717, 1.165) is 36.8 Å². The molecule has 148 valence electrons. The average Bonchev–Trinajstić information content (AvgIpc) is 2.63. The number of nitrogens with zero attached hydrogens (tertiary/aromatic N) is 3. The smallest absolute Gasteiger partial charge is 0.349 e. The second-order valence-electron chi connectivity index (χ2n) is 6.99. The number of carboxylic acids is 1. The molecule has 2 aliphatic rings. The van der Waals surface area contributed by atoms with E-state index in [-0.39, 0.29) is 17.9 Å². The van der Waals surface area contributed by atoms with E-state index in [4.69, 9.17) is 5.11 Å². The molecule has 1 aromatic rings. The Hall–Kier alpha value is -3.03. The predicted octanol–water partition coefficient (Wildman–Crippen LogP) is 2.49. The molecule has 0 radical (unpaired) electrons. The zero-order valence-electron chi connectivity index (χ0n) is 16.1. The van der Waals surface area contributed by atoms with Crippen molar-refractivity contribution in [2.45, 2.75) is 58.9 Å². The number of H-pyrrole nitrogens is 1. The normalized spacial score (nSPS) is 11.4. The van der Waals surface area contributed by atoms with Crippen LogP contribution in [0.2, 0.25) is 0 Å². The van der Waals surface area contributed by atoms with Crippen LogP contribution in [0.25, 0.3) is 22.6 Å². The van der Waals surface area contributed by atoms with Crippen LogP contribution in [0.3, 0.4) is 0 Å². The first-order chi connectivity index (χ1) is 13.4. The van der Waals surface area contributed by atoms with E-state index < -0.39 is 17.2 Å². The molecule has 0 aromatic heterocycles. The van der Waals surface area contributed by atoms with Gasteiger partial charge in [0.05, 0.1) is 11.0 Å². The molecular weight excluding hydrogens is 360 g/mol. The zero-order valence-corrected chi connectivity index (χ0v) is 16.1. The molecule has 1 aromatic carbocycles. The number of aliphatic carboxylic acids is 1. The van der Waals surface area contributed by atoms with E-state index in [1.807, 2.05) is 17.6 Å². The molecule has 8 nitrogen and oxygen atoms in total. The highest BCUT2D eigenvalue weighted by atomic mass is 16.4. The summed E-state index contributed by atoms with van der Waals surface area (Å²) in [4.78, 5) is 45.3. The van der Waals surface area contributed by atoms with E-state index in [1.165, 1.54) is 5.56 Å². The summed E-state index contributed by atoms with van der Waals surface area (Å²) in [5.74, 6) is -0.493. The van der Waals surface area contributed by atoms with Crippen molar-refractivity contribution in [1.82, 2.24) is 19.5 Å². The van der Waals surface area contributed by atoms with Crippen LogP contribution in [0.4, 0.5) is 0 Å². The third-order valence-corrected chi connectivity index (χ3v) is 4.97. The number of hydrogen-bond donors (Lipinski definition) is 2. The largest absolute Gasteiger partial charge is 0.481 e. The number of rotatable bonds is 8. The molecule has 28 heavy (non-hydrogen) atoms. The highest BCUT2D eigenvalue weighted by molar-refractivity contribution is 5.81. The van der Waals surface area contributed by atoms with Crippen molar-refractivity contribution in [2.75, 3.05) is 0 Å². The van der Waals surface area contributed by atoms with Crippen LogP contribution in [0, 0.1) is 6.92 Å². The fraction of sp³-hybridized carbons (Fsp3) is 0.450. The van der Waals surface area contributed by atoms with Crippen LogP contribution in [-0.4, -0.2) is 30.6 Å². The Bertz CT molecular complexity index is 1100. The third-order valence-electron chi connectivity index (χ3n) is 4.97. The molecule has 3 rings (SSSR count). The third kappa shape index (κ3) is 4.11. The summed E-state index contributed by atoms with van der Waals surface area (Å²) in [5.41, 5.74) is 2.75. The molecule has 0 atom stereocenters. The summed E-state index contributed by atoms with van der Waals surface area (Å²) in [5, 5.41) is 8.73. The van der Waals surface area contributed by atoms with Crippen molar-refractivity contribution in [2.24, 2.45) is 0 Å². The monoisotopic (exact) mass is 384 g/mol. The van der Waals surface area contributed by atoms with Gasteiger partial charge in [0.1, 0.15) is 0 Å². The Balaban J connectivity index is 2.02. The van der Waals surface area contributed by atoms with E-state index in [2.05, 4.69) is 27.9 Å². The molecule has 0 spiro atoms. The van der Waals surface area contributed by atoms with Crippen LogP contribution in [0.15, 0.2) is 21.7 Å². The predicted molar refractivity (Wildman–Crippen MR) is 106 cm³/mol. The van der Waals surface area contributed by atoms with Gasteiger partial charge in [0.15, 0.2) is 11.5 Å². The summed E-state index contributed by atoms with van der Waals surface area (Å²) >= 11 is 0. The Morgan fingerprint density at radius 1 is 1.14 bits per heavy atom. The van der Waals surface area contributed by atoms with E-state index in [0.29, 0.717) is 18.5 Å². The number of unbranched alkanes of at least 4 members (excludes halogenated alkanes) is 3. The lowest BCUT2D eigenvalue weighted by Gasteiger charge is -2.18. The summed E-state index contributed by atoms with van der Waals surface area (Å²) in [6, 6.07) is 4.01. The van der Waals surface area contributed by atoms with Crippen LogP contribution in [-0.2, 0) is 17.8 Å². The maximum absolute atomic E-state index is 12.3. The van der Waals surface area contributed by atoms with Gasteiger partial charge in [0.25, 0.3) is 5.56 Å². The van der Waals surface area contributed by atoms with Gasteiger partial charge in [-0.3, -0.25) is 14.6 Å². The number of benzene rings is 1. The molecule has 2 aliphatic heterocycles. The first-order valence-corrected chi connectivity index (χ1v) is 9.56. The van der Waals surface area contributed by atoms with Gasteiger partial charge in [0.2, 0.25) is 0 Å². The number of fused-ring (bicyclic) bond motifs is 2. The first kappa shape index (κ1) is 19.7. The minimum atomic E-state index is -0.783. The van der Waals surface area contributed by atoms with Crippen LogP contribution in [0.1, 0.15) is 50.2 Å². The fourth-order valence-corrected chi connectivity index (χ4v) is 3.50. The molecule has 0 saturated heterocycles. The second-order valence-corrected chi connectivity index (χ2v) is 6.99. The van der Waals surface area contributed by atoms with Crippen molar-refractivity contribution < 1.29 is 9.90 Å². The highest BCUT2D eigenvalue weighted by Crippen LogP contribution is 2.25. The minimum absolute atomic E-state index is 0.154. The van der Waals surface area contributed by atoms with Gasteiger partial charge in [-0.1, -0.05) is 19.8 Å². The molecule has 2 heterocycles. The quantitative estimate of drug-likeness (QED) is 0.455. The molecule has 8 heteroatoms. The number of aromatic amines is 1. The summed E-state index contributed by atoms with van der Waals surface area (Å²) in [6.07, 6.45) is 4.13. The zero-order chi connectivity index (χ0) is 20.3. The van der Waals surface area contributed by atoms with Gasteiger partial charge < -0.3 is 9.67 Å². The molecule has 2 N–H and O–H groups in total. The SMILES string of the molecule is CCc1cc2c(cc1C)nc1c(=O)[nH]c(=O)nc-1n2CCCCCCC(=O)O. The second kappa shape index (κ2) is 8.33. The summed E-state index contributed by atoms with van der Waals surface area (Å²) in [7, 11) is 0. The molecule has 0 bridgehead atoms. The molecule has 0 aliphatic carbocycles. The van der Waals surface area contributed by atoms with Gasteiger partial charge in [-0.25, -0.2) is 9.78 Å². The van der Waals surface area contributed by atoms with Crippen molar-refractivity contribution in [1.29, 1.82) is 0 Å². The fourth-order valence-electron chi connectivity index (χ4n) is 3.50. The summed E-state index contributed by atoms with van der Waals surface area (Å²) in [6.45, 7) is 4.67. The van der Waals surface area contributed by atoms with Crippen molar-refractivity contribution >= 4 is 17.0 Å². The standard InChI is InChI=1S/C20H24N4O4/c1-3-13-11-15-14(10-12(13)2)21-17-18(22-20(28)23-19(17)27)24(15)9-7-5-4-6-8-16(25)26/h10-11H,3-9H2,1-2H3,(H,25,26)(H,23,27,28). The van der Waals surface area contributed by atoms with Gasteiger partial charge in [-0.15, -0.1) is 0 Å². The Morgan fingerprint density at radius 2 is 1.89 bits per heavy atom. The highest BCUT2D eigenvalue weighted by Gasteiger charge is 2.19. The number of carboxylic acid groups (broad SMARTS) is 1. The van der Waals surface area contributed by atoms with E-state index in [9.17, 15) is 14.4 Å². The molecule has 0 saturated carbocycles. The van der Waals surface area contributed by atoms with Gasteiger partial charge in [0, 0.05) is 13.0 Å². The van der Waals surface area contributed by atoms with Crippen LogP contribution in [0.5, 0.6) is 0 Å². The van der Waals surface area contributed by atoms with E-state index in [1.54, 1.807) is 0 Å². The number of nitrogens with one attached hydrogen (secondary N) is 1. The number of hydrogen-bond acceptors (Lipinski definition) is 5. The van der Waals surface area contributed by atoms with Crippen molar-refractivity contribution in [3.63, 3.8) is 0 Å². The van der Waals surface area contributed by atoms with Gasteiger partial charge in [-0.05, 0) is 49.4 Å². The Morgan fingerprint density at radius 3 is 2.61 bits per heavy atom. The Labute approximate surface area is 161 Å². The molecule has 0 unspecified atom stereocenters. The lowest BCUT2D eigenvalue weighted by Crippen LogP contribution is -2.29. The molecule has 0 fully saturated rings. The number of aromatic nitrogens is 4. The minimum Gasteiger partial charge on any atom is -0.481 e. The van der Waals surface area contributed by atoms with Gasteiger partial charge in [-0.2, -0.15) is 4.98 Å². The first-order valence-electron chi connectivity index (χ1n) is 9.56. The maximum atomic E-state index is 12.3. The topological polar surface area (TPSA) is 118 Å². The van der Waals surface area contributed by atoms with Crippen LogP contribution >= 0.6 is 0 Å². The number of aryl methyl sites for hydroxylation is 3. The average molecular weight is 384 g/mol. The lowest BCUT2D eigenvalue weighted by molar-refractivity contribution is -0.137. The molecular formula is C20H24N4O4. The number of carbonyl (C=O) groups is 1. The van der Waals surface area contributed by atoms with Crippen molar-refractivity contribution in [3.05, 3.63) is 44.1 Å². The maximum Gasteiger partial charge on any atom is 0.349 e.